The van der Waals surface area contributed by atoms with Crippen molar-refractivity contribution < 1.29 is 9.53 Å². The molecule has 100 valence electrons. The SMILES string of the molecule is COC1CNCC1NC(=O)c1cnc(C(C)C)s1. The molecule has 1 amide bonds. The van der Waals surface area contributed by atoms with Crippen LogP contribution >= 0.6 is 11.3 Å². The molecule has 0 aliphatic carbocycles. The average molecular weight is 269 g/mol. The number of rotatable bonds is 4. The highest BCUT2D eigenvalue weighted by Gasteiger charge is 2.28. The van der Waals surface area contributed by atoms with Crippen molar-refractivity contribution in [1.29, 1.82) is 0 Å². The molecular weight excluding hydrogens is 250 g/mol. The summed E-state index contributed by atoms with van der Waals surface area (Å²) in [5, 5.41) is 7.19. The Hall–Kier alpha value is -0.980. The van der Waals surface area contributed by atoms with Crippen LogP contribution in [0.4, 0.5) is 0 Å². The topological polar surface area (TPSA) is 63.2 Å². The molecule has 6 heteroatoms. The van der Waals surface area contributed by atoms with Crippen LogP contribution in [-0.4, -0.2) is 43.2 Å². The number of carbonyl (C=O) groups excluding carboxylic acids is 1. The Morgan fingerprint density at radius 3 is 3.00 bits per heavy atom. The summed E-state index contributed by atoms with van der Waals surface area (Å²) in [5.41, 5.74) is 0. The number of nitrogens with zero attached hydrogens (tertiary/aromatic N) is 1. The van der Waals surface area contributed by atoms with Crippen LogP contribution < -0.4 is 10.6 Å². The van der Waals surface area contributed by atoms with Crippen molar-refractivity contribution in [3.8, 4) is 0 Å². The lowest BCUT2D eigenvalue weighted by Crippen LogP contribution is -2.43. The highest BCUT2D eigenvalue weighted by Crippen LogP contribution is 2.21. The first-order chi connectivity index (χ1) is 8.61. The molecule has 5 nitrogen and oxygen atoms in total. The Morgan fingerprint density at radius 2 is 2.39 bits per heavy atom. The molecule has 2 atom stereocenters. The second-order valence-electron chi connectivity index (χ2n) is 4.73. The van der Waals surface area contributed by atoms with Crippen LogP contribution in [-0.2, 0) is 4.74 Å². The van der Waals surface area contributed by atoms with Crippen LogP contribution in [0.15, 0.2) is 6.20 Å². The highest BCUT2D eigenvalue weighted by atomic mass is 32.1. The molecule has 1 saturated heterocycles. The Morgan fingerprint density at radius 1 is 1.61 bits per heavy atom. The van der Waals surface area contributed by atoms with Gasteiger partial charge in [-0.3, -0.25) is 4.79 Å². The van der Waals surface area contributed by atoms with Gasteiger partial charge in [-0.25, -0.2) is 4.98 Å². The Balaban J connectivity index is 1.98. The predicted octanol–water partition coefficient (Wildman–Crippen LogP) is 0.983. The third-order valence-corrected chi connectivity index (χ3v) is 4.32. The van der Waals surface area contributed by atoms with Crippen molar-refractivity contribution in [3.05, 3.63) is 16.1 Å². The van der Waals surface area contributed by atoms with Gasteiger partial charge >= 0.3 is 0 Å². The zero-order valence-electron chi connectivity index (χ0n) is 10.9. The molecule has 1 aliphatic rings. The Bertz CT molecular complexity index is 419. The maximum absolute atomic E-state index is 12.1. The molecule has 2 N–H and O–H groups in total. The largest absolute Gasteiger partial charge is 0.378 e. The fourth-order valence-electron chi connectivity index (χ4n) is 1.95. The van der Waals surface area contributed by atoms with Crippen LogP contribution in [0.3, 0.4) is 0 Å². The molecule has 1 aromatic heterocycles. The van der Waals surface area contributed by atoms with Crippen molar-refractivity contribution in [2.75, 3.05) is 20.2 Å². The van der Waals surface area contributed by atoms with E-state index in [1.807, 2.05) is 0 Å². The van der Waals surface area contributed by atoms with Gasteiger partial charge in [0, 0.05) is 26.1 Å². The van der Waals surface area contributed by atoms with E-state index in [9.17, 15) is 4.79 Å². The van der Waals surface area contributed by atoms with Crippen LogP contribution in [0.25, 0.3) is 0 Å². The number of thiazole rings is 1. The number of amides is 1. The van der Waals surface area contributed by atoms with Crippen molar-refractivity contribution in [3.63, 3.8) is 0 Å². The van der Waals surface area contributed by atoms with Gasteiger partial charge in [-0.2, -0.15) is 0 Å². The molecule has 1 aromatic rings. The summed E-state index contributed by atoms with van der Waals surface area (Å²) in [6.45, 7) is 5.67. The first kappa shape index (κ1) is 13.5. The minimum Gasteiger partial charge on any atom is -0.378 e. The summed E-state index contributed by atoms with van der Waals surface area (Å²) in [7, 11) is 1.67. The van der Waals surface area contributed by atoms with Gasteiger partial charge in [-0.05, 0) is 0 Å². The molecule has 2 unspecified atom stereocenters. The molecule has 0 saturated carbocycles. The Kier molecular flexibility index (Phi) is 4.31. The van der Waals surface area contributed by atoms with E-state index in [0.29, 0.717) is 10.8 Å². The van der Waals surface area contributed by atoms with E-state index in [0.717, 1.165) is 18.1 Å². The fraction of sp³-hybridized carbons (Fsp3) is 0.667. The number of methoxy groups -OCH3 is 1. The van der Waals surface area contributed by atoms with Gasteiger partial charge in [-0.1, -0.05) is 13.8 Å². The van der Waals surface area contributed by atoms with Gasteiger partial charge < -0.3 is 15.4 Å². The van der Waals surface area contributed by atoms with E-state index in [-0.39, 0.29) is 18.1 Å². The van der Waals surface area contributed by atoms with E-state index in [2.05, 4.69) is 29.5 Å². The zero-order chi connectivity index (χ0) is 13.1. The van der Waals surface area contributed by atoms with Gasteiger partial charge in [0.2, 0.25) is 0 Å². The van der Waals surface area contributed by atoms with E-state index in [1.165, 1.54) is 11.3 Å². The molecule has 0 radical (unpaired) electrons. The molecule has 0 spiro atoms. The predicted molar refractivity (Wildman–Crippen MR) is 71.1 cm³/mol. The smallest absolute Gasteiger partial charge is 0.263 e. The number of carbonyl (C=O) groups is 1. The van der Waals surface area contributed by atoms with E-state index in [1.54, 1.807) is 13.3 Å². The third-order valence-electron chi connectivity index (χ3n) is 3.02. The monoisotopic (exact) mass is 269 g/mol. The third kappa shape index (κ3) is 2.88. The van der Waals surface area contributed by atoms with Crippen LogP contribution in [0.2, 0.25) is 0 Å². The average Bonchev–Trinajstić information content (AvgIpc) is 2.96. The van der Waals surface area contributed by atoms with Gasteiger partial charge in [0.25, 0.3) is 5.91 Å². The lowest BCUT2D eigenvalue weighted by Gasteiger charge is -2.17. The zero-order valence-corrected chi connectivity index (χ0v) is 11.7. The van der Waals surface area contributed by atoms with E-state index in [4.69, 9.17) is 4.74 Å². The molecule has 0 aromatic carbocycles. The summed E-state index contributed by atoms with van der Waals surface area (Å²) in [6, 6.07) is 0.0344. The summed E-state index contributed by atoms with van der Waals surface area (Å²) < 4.78 is 5.31. The lowest BCUT2D eigenvalue weighted by atomic mass is 10.2. The van der Waals surface area contributed by atoms with Gasteiger partial charge in [0.05, 0.1) is 23.4 Å². The first-order valence-electron chi connectivity index (χ1n) is 6.12. The first-order valence-corrected chi connectivity index (χ1v) is 6.93. The summed E-state index contributed by atoms with van der Waals surface area (Å²) in [6.07, 6.45) is 1.70. The molecule has 0 bridgehead atoms. The summed E-state index contributed by atoms with van der Waals surface area (Å²) >= 11 is 1.46. The maximum atomic E-state index is 12.1. The molecule has 18 heavy (non-hydrogen) atoms. The highest BCUT2D eigenvalue weighted by molar-refractivity contribution is 7.13. The quantitative estimate of drug-likeness (QED) is 0.855. The van der Waals surface area contributed by atoms with Crippen molar-refractivity contribution in [2.24, 2.45) is 0 Å². The summed E-state index contributed by atoms with van der Waals surface area (Å²) in [4.78, 5) is 17.0. The maximum Gasteiger partial charge on any atom is 0.263 e. The summed E-state index contributed by atoms with van der Waals surface area (Å²) in [5.74, 6) is 0.298. The van der Waals surface area contributed by atoms with E-state index < -0.39 is 0 Å². The van der Waals surface area contributed by atoms with Crippen molar-refractivity contribution >= 4 is 17.2 Å². The number of aromatic nitrogens is 1. The molecule has 1 fully saturated rings. The second-order valence-corrected chi connectivity index (χ2v) is 5.79. The number of nitrogens with one attached hydrogen (secondary N) is 2. The standard InChI is InChI=1S/C12H19N3O2S/c1-7(2)12-14-6-10(18-12)11(16)15-8-4-13-5-9(8)17-3/h6-9,13H,4-5H2,1-3H3,(H,15,16). The molecular formula is C12H19N3O2S. The second kappa shape index (κ2) is 5.77. The lowest BCUT2D eigenvalue weighted by molar-refractivity contribution is 0.0782. The Labute approximate surface area is 111 Å². The van der Waals surface area contributed by atoms with Crippen LogP contribution in [0, 0.1) is 0 Å². The molecule has 2 rings (SSSR count). The van der Waals surface area contributed by atoms with Crippen molar-refractivity contribution in [2.45, 2.75) is 31.9 Å². The number of hydrogen-bond acceptors (Lipinski definition) is 5. The van der Waals surface area contributed by atoms with Crippen molar-refractivity contribution in [1.82, 2.24) is 15.6 Å². The van der Waals surface area contributed by atoms with Gasteiger partial charge in [0.1, 0.15) is 4.88 Å². The van der Waals surface area contributed by atoms with Gasteiger partial charge in [0.15, 0.2) is 0 Å². The minimum atomic E-state index is -0.0600. The molecule has 1 aliphatic heterocycles. The van der Waals surface area contributed by atoms with Crippen LogP contribution in [0.1, 0.15) is 34.4 Å². The van der Waals surface area contributed by atoms with Gasteiger partial charge in [-0.15, -0.1) is 11.3 Å². The minimum absolute atomic E-state index is 0.0344. The molecule has 2 heterocycles. The fourth-order valence-corrected chi connectivity index (χ4v) is 2.77. The number of hydrogen-bond donors (Lipinski definition) is 2. The normalized spacial score (nSPS) is 23.6. The van der Waals surface area contributed by atoms with Crippen LogP contribution in [0.5, 0.6) is 0 Å². The van der Waals surface area contributed by atoms with E-state index >= 15 is 0 Å². The number of ether oxygens (including phenoxy) is 1.